The van der Waals surface area contributed by atoms with Crippen LogP contribution in [0, 0.1) is 23.9 Å². The molecule has 2 heterocycles. The van der Waals surface area contributed by atoms with Crippen molar-refractivity contribution in [3.63, 3.8) is 0 Å². The van der Waals surface area contributed by atoms with Crippen LogP contribution in [0.1, 0.15) is 119 Å². The zero-order chi connectivity index (χ0) is 43.1. The number of hydrogen-bond acceptors (Lipinski definition) is 8. The van der Waals surface area contributed by atoms with Crippen molar-refractivity contribution in [3.8, 4) is 29.3 Å². The highest BCUT2D eigenvalue weighted by Gasteiger charge is 2.27. The van der Waals surface area contributed by atoms with E-state index in [1.165, 1.54) is 5.56 Å². The first-order chi connectivity index (χ1) is 29.6. The highest BCUT2D eigenvalue weighted by Crippen LogP contribution is 2.40. The molecule has 0 radical (unpaired) electrons. The van der Waals surface area contributed by atoms with Gasteiger partial charge in [-0.05, 0) is 145 Å². The fourth-order valence-electron chi connectivity index (χ4n) is 8.77. The number of carbonyl (C=O) groups is 1. The first-order valence-electron chi connectivity index (χ1n) is 22.5. The number of ketones is 1. The van der Waals surface area contributed by atoms with Gasteiger partial charge >= 0.3 is 0 Å². The largest absolute Gasteiger partial charge is 0.508 e. The summed E-state index contributed by atoms with van der Waals surface area (Å²) in [4.78, 5) is 13.8. The normalized spacial score (nSPS) is 19.8. The minimum absolute atomic E-state index is 0.0374. The molecule has 8 nitrogen and oxygen atoms in total. The number of aromatic hydroxyl groups is 1. The monoisotopic (exact) mass is 827 g/mol. The van der Waals surface area contributed by atoms with E-state index < -0.39 is 12.2 Å². The lowest BCUT2D eigenvalue weighted by Crippen LogP contribution is -2.24. The number of rotatable bonds is 16. The molecule has 324 valence electrons. The molecular formula is C53H65NO7. The van der Waals surface area contributed by atoms with Crippen LogP contribution in [0.15, 0.2) is 90.7 Å². The summed E-state index contributed by atoms with van der Waals surface area (Å²) in [7, 11) is 1.63. The number of allylic oxidation sites excluding steroid dienone is 3. The summed E-state index contributed by atoms with van der Waals surface area (Å²) >= 11 is 0. The molecular weight excluding hydrogens is 763 g/mol. The van der Waals surface area contributed by atoms with Gasteiger partial charge in [-0.15, -0.1) is 0 Å². The van der Waals surface area contributed by atoms with Gasteiger partial charge < -0.3 is 34.8 Å². The first kappa shape index (κ1) is 45.1. The third-order valence-electron chi connectivity index (χ3n) is 12.1. The van der Waals surface area contributed by atoms with Crippen LogP contribution < -0.4 is 14.8 Å². The number of carbonyl (C=O) groups excluding carboxylic acids is 1. The number of anilines is 1. The van der Waals surface area contributed by atoms with E-state index in [0.717, 1.165) is 96.5 Å². The lowest BCUT2D eigenvalue weighted by Gasteiger charge is -2.28. The predicted octanol–water partition coefficient (Wildman–Crippen LogP) is 11.5. The number of aliphatic hydroxyl groups is 2. The molecule has 6 bridgehead atoms. The maximum atomic E-state index is 13.8. The Hall–Kier alpha value is -5.39. The third kappa shape index (κ3) is 12.8. The second-order valence-electron chi connectivity index (χ2n) is 16.9. The van der Waals surface area contributed by atoms with Crippen molar-refractivity contribution >= 4 is 22.2 Å². The number of unbranched alkanes of at least 4 members (excludes halogenated alkanes) is 3. The number of aryl methyl sites for hydroxylation is 3. The van der Waals surface area contributed by atoms with Gasteiger partial charge in [0.25, 0.3) is 0 Å². The Labute approximate surface area is 363 Å². The van der Waals surface area contributed by atoms with Crippen LogP contribution in [-0.4, -0.2) is 47.0 Å². The standard InChI is InChI=1S/C53H65NO7/c1-5-7-8-15-42-25-26-60-47(31-43-30-45(56)22-20-41(43)14-10-9-12-37-13-11-16-44(27-37)54-34-36(3)55)33-46(57)21-17-38-19-24-51(59-4)52(29-38)61-35-39-18-23-48-49(28-39)40(6-2)32-50(58)53(42)48/h11,13,16,18-20,22-24,27-30,32,36,41-43,47,54-56,58H,5-10,12,14-15,17,21,31,33-35H2,1-4H3/t36-,41+,42-,43-,47-/m0/s1. The molecule has 4 N–H and O–H groups in total. The van der Waals surface area contributed by atoms with Crippen LogP contribution in [0.2, 0.25) is 0 Å². The fraction of sp³-hybridized carbons (Fsp3) is 0.453. The summed E-state index contributed by atoms with van der Waals surface area (Å²) in [6.07, 6.45) is 18.0. The number of Topliss-reactive ketones (excluding diaryl/α,β-unsaturated/α-hetero) is 1. The summed E-state index contributed by atoms with van der Waals surface area (Å²) < 4.78 is 18.5. The highest BCUT2D eigenvalue weighted by atomic mass is 16.5. The van der Waals surface area contributed by atoms with Crippen LogP contribution in [0.4, 0.5) is 5.69 Å². The van der Waals surface area contributed by atoms with Crippen molar-refractivity contribution in [2.75, 3.05) is 19.0 Å². The molecule has 7 rings (SSSR count). The fourth-order valence-corrected chi connectivity index (χ4v) is 8.77. The van der Waals surface area contributed by atoms with Crippen LogP contribution in [0.3, 0.4) is 0 Å². The Kier molecular flexibility index (Phi) is 16.6. The van der Waals surface area contributed by atoms with Crippen molar-refractivity contribution < 1.29 is 34.3 Å². The minimum Gasteiger partial charge on any atom is -0.508 e. The molecule has 8 heteroatoms. The molecule has 0 saturated carbocycles. The average molecular weight is 828 g/mol. The minimum atomic E-state index is -0.497. The summed E-state index contributed by atoms with van der Waals surface area (Å²) in [5, 5.41) is 37.4. The number of hydrogen-bond donors (Lipinski definition) is 4. The number of ether oxygens (including phenoxy) is 3. The molecule has 2 aliphatic heterocycles. The molecule has 4 aromatic rings. The van der Waals surface area contributed by atoms with Crippen molar-refractivity contribution in [3.05, 3.63) is 119 Å². The van der Waals surface area contributed by atoms with Crippen molar-refractivity contribution in [2.24, 2.45) is 11.8 Å². The van der Waals surface area contributed by atoms with Crippen LogP contribution in [0.5, 0.6) is 17.2 Å². The maximum absolute atomic E-state index is 13.8. The van der Waals surface area contributed by atoms with Gasteiger partial charge in [0.2, 0.25) is 0 Å². The van der Waals surface area contributed by atoms with E-state index in [2.05, 4.69) is 67.6 Å². The second kappa shape index (κ2) is 22.5. The van der Waals surface area contributed by atoms with Crippen LogP contribution in [-0.2, 0) is 35.4 Å². The van der Waals surface area contributed by atoms with E-state index in [1.54, 1.807) is 20.1 Å². The van der Waals surface area contributed by atoms with E-state index >= 15 is 0 Å². The van der Waals surface area contributed by atoms with Gasteiger partial charge in [0.1, 0.15) is 36.1 Å². The average Bonchev–Trinajstić information content (AvgIpc) is 3.25. The van der Waals surface area contributed by atoms with Gasteiger partial charge in [-0.3, -0.25) is 4.79 Å². The molecule has 0 aromatic heterocycles. The third-order valence-corrected chi connectivity index (χ3v) is 12.1. The molecule has 5 atom stereocenters. The molecule has 4 aromatic carbocycles. The number of phenols is 1. The van der Waals surface area contributed by atoms with Crippen LogP contribution >= 0.6 is 0 Å². The van der Waals surface area contributed by atoms with Gasteiger partial charge in [-0.1, -0.05) is 81.9 Å². The van der Waals surface area contributed by atoms with Gasteiger partial charge in [0.05, 0.1) is 19.1 Å². The Morgan fingerprint density at radius 3 is 2.56 bits per heavy atom. The maximum Gasteiger partial charge on any atom is 0.161 e. The predicted molar refractivity (Wildman–Crippen MR) is 245 cm³/mol. The van der Waals surface area contributed by atoms with E-state index in [0.29, 0.717) is 43.9 Å². The summed E-state index contributed by atoms with van der Waals surface area (Å²) in [5.74, 6) is 5.08. The SMILES string of the molecule is CCCCC[C@H]1C#CO[C@@H](C[C@@H]2C=C(O)C=C[C@H]2CCCCc2cccc(NC[C@H](C)O)c2)CC(=O)CCc2ccc(OC)c(c2)OCc2ccc3c1c(O)cc(CC)c3c2. The molecule has 0 saturated heterocycles. The number of benzene rings is 4. The van der Waals surface area contributed by atoms with Gasteiger partial charge in [-0.25, -0.2) is 0 Å². The Morgan fingerprint density at radius 1 is 0.918 bits per heavy atom. The lowest BCUT2D eigenvalue weighted by atomic mass is 9.80. The molecule has 1 aliphatic carbocycles. The van der Waals surface area contributed by atoms with Crippen molar-refractivity contribution in [1.82, 2.24) is 0 Å². The van der Waals surface area contributed by atoms with E-state index in [9.17, 15) is 20.1 Å². The number of aliphatic hydroxyl groups excluding tert-OH is 2. The van der Waals surface area contributed by atoms with Gasteiger partial charge in [0.15, 0.2) is 11.5 Å². The lowest BCUT2D eigenvalue weighted by molar-refractivity contribution is -0.121. The molecule has 0 unspecified atom stereocenters. The van der Waals surface area contributed by atoms with Crippen molar-refractivity contribution in [1.29, 1.82) is 0 Å². The van der Waals surface area contributed by atoms with Crippen LogP contribution in [0.25, 0.3) is 10.8 Å². The Bertz CT molecular complexity index is 2210. The van der Waals surface area contributed by atoms with E-state index in [-0.39, 0.29) is 41.5 Å². The summed E-state index contributed by atoms with van der Waals surface area (Å²) in [6, 6.07) is 22.4. The number of phenolic OH excluding ortho intramolecular Hbond substituents is 1. The molecule has 61 heavy (non-hydrogen) atoms. The van der Waals surface area contributed by atoms with Gasteiger partial charge in [0, 0.05) is 30.6 Å². The Morgan fingerprint density at radius 2 is 1.75 bits per heavy atom. The Balaban J connectivity index is 1.27. The number of fused-ring (bicyclic) bond motifs is 9. The zero-order valence-corrected chi connectivity index (χ0v) is 36.6. The molecule has 0 amide bonds. The van der Waals surface area contributed by atoms with Crippen molar-refractivity contribution in [2.45, 2.75) is 129 Å². The molecule has 0 fully saturated rings. The number of nitrogens with one attached hydrogen (secondary N) is 1. The first-order valence-corrected chi connectivity index (χ1v) is 22.5. The molecule has 3 aliphatic rings. The quantitative estimate of drug-likeness (QED) is 0.0652. The number of methoxy groups -OCH3 is 1. The summed E-state index contributed by atoms with van der Waals surface area (Å²) in [5.41, 5.74) is 6.11. The zero-order valence-electron chi connectivity index (χ0n) is 36.6. The highest BCUT2D eigenvalue weighted by molar-refractivity contribution is 5.92. The van der Waals surface area contributed by atoms with E-state index in [1.807, 2.05) is 42.5 Å². The molecule has 0 spiro atoms. The second-order valence-corrected chi connectivity index (χ2v) is 16.9. The van der Waals surface area contributed by atoms with Gasteiger partial charge in [-0.2, -0.15) is 0 Å². The smallest absolute Gasteiger partial charge is 0.161 e. The van der Waals surface area contributed by atoms with E-state index in [4.69, 9.17) is 14.2 Å². The topological polar surface area (TPSA) is 117 Å². The summed E-state index contributed by atoms with van der Waals surface area (Å²) in [6.45, 7) is 6.90.